The Labute approximate surface area is 136 Å². The van der Waals surface area contributed by atoms with Crippen molar-refractivity contribution < 1.29 is 72.1 Å². The molecule has 0 aromatic heterocycles. The molecule has 0 radical (unpaired) electrons. The minimum Gasteiger partial charge on any atom is -0.754 e. The van der Waals surface area contributed by atoms with Crippen LogP contribution >= 0.6 is 23.2 Å². The van der Waals surface area contributed by atoms with Crippen molar-refractivity contribution in [1.82, 2.24) is 0 Å². The van der Waals surface area contributed by atoms with Crippen LogP contribution in [0.15, 0.2) is 17.0 Å². The molecule has 1 rings (SSSR count). The van der Waals surface area contributed by atoms with Gasteiger partial charge in [0.1, 0.15) is 0 Å². The minimum atomic E-state index is -4.52. The van der Waals surface area contributed by atoms with E-state index in [-0.39, 0.29) is 69.2 Å². The molecule has 0 saturated carbocycles. The molecule has 0 spiro atoms. The fraction of sp³-hybridized carbons (Fsp3) is 0. The topological polar surface area (TPSA) is 57.2 Å². The Kier molecular flexibility index (Phi) is 9.19. The van der Waals surface area contributed by atoms with Crippen molar-refractivity contribution in [3.05, 3.63) is 28.2 Å². The summed E-state index contributed by atoms with van der Waals surface area (Å²) in [7, 11) is -4.52. The number of rotatable bonds is 1. The molecule has 0 bridgehead atoms. The minimum absolute atomic E-state index is 0. The van der Waals surface area contributed by atoms with E-state index < -0.39 is 15.0 Å². The Bertz CT molecular complexity index is 408. The Balaban J connectivity index is 0. The average Bonchev–Trinajstić information content (AvgIpc) is 1.83. The molecule has 0 aliphatic carbocycles. The predicted molar refractivity (Wildman–Crippen MR) is 43.3 cm³/mol. The van der Waals surface area contributed by atoms with Gasteiger partial charge in [-0.2, -0.15) is 12.1 Å². The van der Waals surface area contributed by atoms with Gasteiger partial charge in [-0.05, 0) is 9.92 Å². The van der Waals surface area contributed by atoms with Crippen LogP contribution in [-0.4, -0.2) is 13.0 Å². The van der Waals surface area contributed by atoms with Crippen molar-refractivity contribution >= 4 is 33.3 Å². The third kappa shape index (κ3) is 5.16. The molecule has 0 fully saturated rings. The summed E-state index contributed by atoms with van der Waals surface area (Å²) in [4.78, 5) is -0.506. The van der Waals surface area contributed by atoms with Crippen LogP contribution in [0.2, 0.25) is 10.0 Å². The van der Waals surface area contributed by atoms with Crippen LogP contribution in [-0.2, 0) is 10.1 Å². The van der Waals surface area contributed by atoms with Gasteiger partial charge in [0.05, 0.1) is 10.1 Å². The Morgan fingerprint density at radius 2 is 1.79 bits per heavy atom. The second kappa shape index (κ2) is 7.12. The fourth-order valence-corrected chi connectivity index (χ4v) is 1.79. The predicted octanol–water partition coefficient (Wildman–Crippen LogP) is -4.29. The average molecular weight is 271 g/mol. The summed E-state index contributed by atoms with van der Waals surface area (Å²) in [5, 5.41) is -0.0267. The van der Waals surface area contributed by atoms with Gasteiger partial charge in [-0.15, -0.1) is 29.3 Å². The summed E-state index contributed by atoms with van der Waals surface area (Å²) >= 11 is 10.9. The summed E-state index contributed by atoms with van der Waals surface area (Å²) in [6.07, 6.45) is 0. The van der Waals surface area contributed by atoms with Crippen molar-refractivity contribution in [3.63, 3.8) is 0 Å². The Morgan fingerprint density at radius 1 is 1.29 bits per heavy atom. The van der Waals surface area contributed by atoms with Crippen molar-refractivity contribution in [1.29, 1.82) is 0 Å². The van der Waals surface area contributed by atoms with Crippen LogP contribution in [0, 0.1) is 6.07 Å². The SMILES string of the molecule is O=S(=O)([O-])c1c[c-]c(Cl)cc1Cl.[Na+].[Na+]. The van der Waals surface area contributed by atoms with E-state index in [9.17, 15) is 13.0 Å². The monoisotopic (exact) mass is 270 g/mol. The maximum atomic E-state index is 10.5. The van der Waals surface area contributed by atoms with Crippen LogP contribution in [0.25, 0.3) is 0 Å². The number of hydrogen-bond acceptors (Lipinski definition) is 3. The van der Waals surface area contributed by atoms with Crippen LogP contribution in [0.4, 0.5) is 0 Å². The van der Waals surface area contributed by atoms with Crippen LogP contribution in [0.5, 0.6) is 0 Å². The van der Waals surface area contributed by atoms with E-state index in [1.165, 1.54) is 0 Å². The third-order valence-corrected chi connectivity index (χ3v) is 2.62. The normalized spacial score (nSPS) is 9.93. The number of hydrogen-bond donors (Lipinski definition) is 0. The van der Waals surface area contributed by atoms with Crippen molar-refractivity contribution in [2.75, 3.05) is 0 Å². The summed E-state index contributed by atoms with van der Waals surface area (Å²) in [6, 6.07) is 4.45. The van der Waals surface area contributed by atoms with Gasteiger partial charge in [-0.25, -0.2) is 0 Å². The molecular weight excluding hydrogens is 269 g/mol. The molecule has 0 atom stereocenters. The van der Waals surface area contributed by atoms with Gasteiger partial charge < -0.3 is 4.55 Å². The maximum absolute atomic E-state index is 10.5. The molecule has 0 N–H and O–H groups in total. The van der Waals surface area contributed by atoms with Crippen molar-refractivity contribution in [2.24, 2.45) is 0 Å². The van der Waals surface area contributed by atoms with Gasteiger partial charge in [0.25, 0.3) is 0 Å². The fourth-order valence-electron chi connectivity index (χ4n) is 0.619. The molecule has 0 heterocycles. The van der Waals surface area contributed by atoms with Crippen LogP contribution < -0.4 is 59.1 Å². The van der Waals surface area contributed by atoms with E-state index in [4.69, 9.17) is 23.2 Å². The van der Waals surface area contributed by atoms with Crippen LogP contribution in [0.3, 0.4) is 0 Å². The van der Waals surface area contributed by atoms with Crippen molar-refractivity contribution in [3.8, 4) is 0 Å². The molecule has 0 aliphatic heterocycles. The summed E-state index contributed by atoms with van der Waals surface area (Å²) < 4.78 is 31.4. The largest absolute Gasteiger partial charge is 1.00 e. The summed E-state index contributed by atoms with van der Waals surface area (Å²) in [5.41, 5.74) is 0. The molecular formula is C6H2Cl2Na2O3S. The van der Waals surface area contributed by atoms with Gasteiger partial charge in [-0.3, -0.25) is 8.42 Å². The van der Waals surface area contributed by atoms with Gasteiger partial charge in [0.2, 0.25) is 0 Å². The molecule has 1 aromatic rings. The Hall–Kier alpha value is 1.71. The zero-order valence-corrected chi connectivity index (χ0v) is 13.9. The first kappa shape index (κ1) is 18.1. The molecule has 66 valence electrons. The zero-order valence-electron chi connectivity index (χ0n) is 7.54. The standard InChI is InChI=1S/C6H3Cl2O3S.2Na/c7-4-1-2-6(5(8)3-4)12(9,10)11;;/h2-3H,(H,9,10,11);;/q-1;2*+1/p-1. The third-order valence-electron chi connectivity index (χ3n) is 1.10. The smallest absolute Gasteiger partial charge is 0.754 e. The summed E-state index contributed by atoms with van der Waals surface area (Å²) in [6.45, 7) is 0. The molecule has 0 saturated heterocycles. The molecule has 0 aliphatic rings. The van der Waals surface area contributed by atoms with Gasteiger partial charge in [0, 0.05) is 0 Å². The number of benzene rings is 1. The molecule has 14 heavy (non-hydrogen) atoms. The second-order valence-electron chi connectivity index (χ2n) is 1.95. The first-order valence-corrected chi connectivity index (χ1v) is 4.90. The van der Waals surface area contributed by atoms with Crippen LogP contribution in [0.1, 0.15) is 0 Å². The quantitative estimate of drug-likeness (QED) is 0.295. The molecule has 8 heteroatoms. The zero-order chi connectivity index (χ0) is 9.35. The van der Waals surface area contributed by atoms with Gasteiger partial charge in [-0.1, -0.05) is 5.02 Å². The Morgan fingerprint density at radius 3 is 2.14 bits per heavy atom. The molecule has 3 nitrogen and oxygen atoms in total. The van der Waals surface area contributed by atoms with E-state index >= 15 is 0 Å². The number of halogens is 2. The van der Waals surface area contributed by atoms with E-state index in [0.29, 0.717) is 0 Å². The van der Waals surface area contributed by atoms with E-state index in [1.54, 1.807) is 0 Å². The second-order valence-corrected chi connectivity index (χ2v) is 4.11. The van der Waals surface area contributed by atoms with Gasteiger partial charge in [0.15, 0.2) is 0 Å². The van der Waals surface area contributed by atoms with Crippen molar-refractivity contribution in [2.45, 2.75) is 4.90 Å². The van der Waals surface area contributed by atoms with E-state index in [0.717, 1.165) is 12.1 Å². The first-order chi connectivity index (χ1) is 5.41. The molecule has 1 aromatic carbocycles. The molecule has 0 unspecified atom stereocenters. The summed E-state index contributed by atoms with van der Waals surface area (Å²) in [5.74, 6) is 0. The van der Waals surface area contributed by atoms with E-state index in [2.05, 4.69) is 6.07 Å². The van der Waals surface area contributed by atoms with Gasteiger partial charge >= 0.3 is 59.1 Å². The first-order valence-electron chi connectivity index (χ1n) is 2.74. The van der Waals surface area contributed by atoms with E-state index in [1.807, 2.05) is 0 Å². The maximum Gasteiger partial charge on any atom is 1.00 e. The molecule has 0 amide bonds.